The Balaban J connectivity index is 3.24. The number of carboxylic acids is 1. The molecule has 7 heteroatoms. The van der Waals surface area contributed by atoms with Crippen LogP contribution in [0.1, 0.15) is 26.3 Å². The summed E-state index contributed by atoms with van der Waals surface area (Å²) in [6.07, 6.45) is 0. The maximum absolute atomic E-state index is 12.3. The quantitative estimate of drug-likeness (QED) is 0.892. The highest BCUT2D eigenvalue weighted by Crippen LogP contribution is 2.25. The van der Waals surface area contributed by atoms with Crippen LogP contribution in [0.2, 0.25) is 5.02 Å². The van der Waals surface area contributed by atoms with Crippen LogP contribution in [0.4, 0.5) is 0 Å². The minimum atomic E-state index is -3.96. The zero-order chi connectivity index (χ0) is 15.7. The lowest BCUT2D eigenvalue weighted by Gasteiger charge is -2.27. The van der Waals surface area contributed by atoms with Crippen molar-refractivity contribution in [3.05, 3.63) is 28.8 Å². The molecule has 0 amide bonds. The summed E-state index contributed by atoms with van der Waals surface area (Å²) in [7, 11) is -3.96. The molecule has 1 aromatic rings. The minimum absolute atomic E-state index is 0.0134. The number of halogens is 1. The third kappa shape index (κ3) is 3.71. The van der Waals surface area contributed by atoms with E-state index in [4.69, 9.17) is 11.6 Å². The standard InChI is InChI=1S/C13H18ClNO4S/c1-8-9(14)6-5-7-10(8)20(18,19)15-11(12(16)17)13(2,3)4/h5-7,11,15H,1-4H3,(H,16,17). The predicted molar refractivity (Wildman–Crippen MR) is 77.4 cm³/mol. The second-order valence-electron chi connectivity index (χ2n) is 5.62. The maximum Gasteiger partial charge on any atom is 0.322 e. The Morgan fingerprint density at radius 3 is 2.35 bits per heavy atom. The molecule has 0 heterocycles. The summed E-state index contributed by atoms with van der Waals surface area (Å²) in [4.78, 5) is 11.2. The molecule has 20 heavy (non-hydrogen) atoms. The van der Waals surface area contributed by atoms with Gasteiger partial charge in [0, 0.05) is 5.02 Å². The third-order valence-corrected chi connectivity index (χ3v) is 4.87. The normalized spacial score (nSPS) is 14.1. The molecule has 2 N–H and O–H groups in total. The SMILES string of the molecule is Cc1c(Cl)cccc1S(=O)(=O)NC(C(=O)O)C(C)(C)C. The van der Waals surface area contributed by atoms with Crippen LogP contribution in [-0.2, 0) is 14.8 Å². The van der Waals surface area contributed by atoms with Gasteiger partial charge in [0.2, 0.25) is 10.0 Å². The second-order valence-corrected chi connectivity index (χ2v) is 7.71. The first-order valence-electron chi connectivity index (χ1n) is 5.97. The Morgan fingerprint density at radius 2 is 1.90 bits per heavy atom. The first-order valence-corrected chi connectivity index (χ1v) is 7.83. The van der Waals surface area contributed by atoms with E-state index in [1.54, 1.807) is 33.8 Å². The van der Waals surface area contributed by atoms with Crippen LogP contribution < -0.4 is 4.72 Å². The molecular weight excluding hydrogens is 302 g/mol. The Hall–Kier alpha value is -1.11. The molecule has 0 aliphatic heterocycles. The number of sulfonamides is 1. The Labute approximate surface area is 124 Å². The van der Waals surface area contributed by atoms with Gasteiger partial charge in [0.25, 0.3) is 0 Å². The van der Waals surface area contributed by atoms with Crippen molar-refractivity contribution in [2.75, 3.05) is 0 Å². The number of carbonyl (C=O) groups is 1. The van der Waals surface area contributed by atoms with Gasteiger partial charge in [-0.25, -0.2) is 8.42 Å². The van der Waals surface area contributed by atoms with Gasteiger partial charge in [0.15, 0.2) is 0 Å². The topological polar surface area (TPSA) is 83.5 Å². The molecule has 1 unspecified atom stereocenters. The highest BCUT2D eigenvalue weighted by atomic mass is 35.5. The average Bonchev–Trinajstić information content (AvgIpc) is 2.27. The van der Waals surface area contributed by atoms with Gasteiger partial charge in [0.05, 0.1) is 4.90 Å². The molecule has 0 saturated carbocycles. The molecule has 1 aromatic carbocycles. The zero-order valence-corrected chi connectivity index (χ0v) is 13.3. The van der Waals surface area contributed by atoms with Gasteiger partial charge < -0.3 is 5.11 Å². The van der Waals surface area contributed by atoms with E-state index >= 15 is 0 Å². The van der Waals surface area contributed by atoms with Gasteiger partial charge in [-0.2, -0.15) is 4.72 Å². The highest BCUT2D eigenvalue weighted by molar-refractivity contribution is 7.89. The number of aliphatic carboxylic acids is 1. The molecule has 0 radical (unpaired) electrons. The molecule has 0 aliphatic rings. The van der Waals surface area contributed by atoms with Crippen molar-refractivity contribution >= 4 is 27.6 Å². The van der Waals surface area contributed by atoms with E-state index in [2.05, 4.69) is 4.72 Å². The fourth-order valence-electron chi connectivity index (χ4n) is 1.70. The van der Waals surface area contributed by atoms with Crippen LogP contribution in [0.15, 0.2) is 23.1 Å². The number of rotatable bonds is 4. The van der Waals surface area contributed by atoms with Crippen molar-refractivity contribution in [3.63, 3.8) is 0 Å². The molecule has 5 nitrogen and oxygen atoms in total. The van der Waals surface area contributed by atoms with Crippen molar-refractivity contribution in [1.29, 1.82) is 0 Å². The number of carboxylic acid groups (broad SMARTS) is 1. The van der Waals surface area contributed by atoms with Gasteiger partial charge in [-0.05, 0) is 30.0 Å². The molecule has 0 aliphatic carbocycles. The van der Waals surface area contributed by atoms with Gasteiger partial charge in [-0.15, -0.1) is 0 Å². The number of hydrogen-bond donors (Lipinski definition) is 2. The first kappa shape index (κ1) is 16.9. The van der Waals surface area contributed by atoms with Crippen LogP contribution in [-0.4, -0.2) is 25.5 Å². The molecule has 0 fully saturated rings. The van der Waals surface area contributed by atoms with Crippen LogP contribution in [0.25, 0.3) is 0 Å². The smallest absolute Gasteiger partial charge is 0.322 e. The van der Waals surface area contributed by atoms with Crippen molar-refractivity contribution in [3.8, 4) is 0 Å². The Kier molecular flexibility index (Phi) is 4.84. The maximum atomic E-state index is 12.3. The highest BCUT2D eigenvalue weighted by Gasteiger charge is 2.35. The van der Waals surface area contributed by atoms with Crippen LogP contribution >= 0.6 is 11.6 Å². The van der Waals surface area contributed by atoms with Crippen molar-refractivity contribution in [2.45, 2.75) is 38.6 Å². The zero-order valence-electron chi connectivity index (χ0n) is 11.8. The monoisotopic (exact) mass is 319 g/mol. The molecule has 0 saturated heterocycles. The summed E-state index contributed by atoms with van der Waals surface area (Å²) in [6, 6.07) is 3.25. The van der Waals surface area contributed by atoms with E-state index in [1.807, 2.05) is 0 Å². The van der Waals surface area contributed by atoms with E-state index in [0.717, 1.165) is 0 Å². The largest absolute Gasteiger partial charge is 0.480 e. The number of benzene rings is 1. The Morgan fingerprint density at radius 1 is 1.35 bits per heavy atom. The molecular formula is C13H18ClNO4S. The predicted octanol–water partition coefficient (Wildman–Crippen LogP) is 2.43. The fourth-order valence-corrected chi connectivity index (χ4v) is 3.59. The molecule has 0 bridgehead atoms. The summed E-state index contributed by atoms with van der Waals surface area (Å²) in [5, 5.41) is 9.51. The number of hydrogen-bond acceptors (Lipinski definition) is 3. The third-order valence-electron chi connectivity index (χ3n) is 2.89. The van der Waals surface area contributed by atoms with Crippen LogP contribution in [0.5, 0.6) is 0 Å². The van der Waals surface area contributed by atoms with E-state index in [0.29, 0.717) is 10.6 Å². The van der Waals surface area contributed by atoms with E-state index < -0.39 is 27.4 Å². The summed E-state index contributed by atoms with van der Waals surface area (Å²) < 4.78 is 26.9. The van der Waals surface area contributed by atoms with E-state index in [9.17, 15) is 18.3 Å². The van der Waals surface area contributed by atoms with Gasteiger partial charge in [-0.1, -0.05) is 38.4 Å². The first-order chi connectivity index (χ1) is 8.97. The number of nitrogens with one attached hydrogen (secondary N) is 1. The molecule has 1 rings (SSSR count). The lowest BCUT2D eigenvalue weighted by Crippen LogP contribution is -2.49. The summed E-state index contributed by atoms with van der Waals surface area (Å²) in [6.45, 7) is 6.53. The summed E-state index contributed by atoms with van der Waals surface area (Å²) in [5.74, 6) is -1.22. The van der Waals surface area contributed by atoms with Crippen LogP contribution in [0.3, 0.4) is 0 Å². The average molecular weight is 320 g/mol. The second kappa shape index (κ2) is 5.71. The fraction of sp³-hybridized carbons (Fsp3) is 0.462. The Bertz CT molecular complexity index is 620. The van der Waals surface area contributed by atoms with E-state index in [-0.39, 0.29) is 4.90 Å². The molecule has 1 atom stereocenters. The molecule has 0 spiro atoms. The van der Waals surface area contributed by atoms with Gasteiger partial charge >= 0.3 is 5.97 Å². The van der Waals surface area contributed by atoms with Crippen LogP contribution in [0, 0.1) is 12.3 Å². The van der Waals surface area contributed by atoms with Gasteiger partial charge in [-0.3, -0.25) is 4.79 Å². The minimum Gasteiger partial charge on any atom is -0.480 e. The van der Waals surface area contributed by atoms with Gasteiger partial charge in [0.1, 0.15) is 6.04 Å². The van der Waals surface area contributed by atoms with Crippen molar-refractivity contribution in [2.24, 2.45) is 5.41 Å². The molecule has 112 valence electrons. The lowest BCUT2D eigenvalue weighted by molar-refractivity contribution is -0.141. The molecule has 0 aromatic heterocycles. The van der Waals surface area contributed by atoms with Crippen molar-refractivity contribution < 1.29 is 18.3 Å². The van der Waals surface area contributed by atoms with Crippen molar-refractivity contribution in [1.82, 2.24) is 4.72 Å². The van der Waals surface area contributed by atoms with E-state index in [1.165, 1.54) is 12.1 Å². The lowest BCUT2D eigenvalue weighted by atomic mass is 9.88. The summed E-state index contributed by atoms with van der Waals surface area (Å²) in [5.41, 5.74) is -0.370. The summed E-state index contributed by atoms with van der Waals surface area (Å²) >= 11 is 5.90.